The summed E-state index contributed by atoms with van der Waals surface area (Å²) >= 11 is 0. The van der Waals surface area contributed by atoms with E-state index in [0.29, 0.717) is 18.6 Å². The summed E-state index contributed by atoms with van der Waals surface area (Å²) in [6, 6.07) is 0.377. The predicted molar refractivity (Wildman–Crippen MR) is 79.8 cm³/mol. The molecule has 0 aromatic carbocycles. The normalized spacial score (nSPS) is 40.7. The summed E-state index contributed by atoms with van der Waals surface area (Å²) in [6.45, 7) is 6.07. The van der Waals surface area contributed by atoms with Crippen molar-refractivity contribution in [3.05, 3.63) is 0 Å². The van der Waals surface area contributed by atoms with Crippen molar-refractivity contribution in [3.63, 3.8) is 0 Å². The second-order valence-electron chi connectivity index (χ2n) is 7.39. The second kappa shape index (κ2) is 5.59. The van der Waals surface area contributed by atoms with Gasteiger partial charge in [0.1, 0.15) is 5.54 Å². The van der Waals surface area contributed by atoms with E-state index in [4.69, 9.17) is 0 Å². The van der Waals surface area contributed by atoms with Gasteiger partial charge in [-0.2, -0.15) is 0 Å². The van der Waals surface area contributed by atoms with E-state index < -0.39 is 5.54 Å². The molecule has 5 heteroatoms. The number of hydrogen-bond acceptors (Lipinski definition) is 2. The van der Waals surface area contributed by atoms with Gasteiger partial charge in [0.15, 0.2) is 6.67 Å². The molecule has 3 fully saturated rings. The molecule has 5 nitrogen and oxygen atoms in total. The first-order valence-corrected chi connectivity index (χ1v) is 8.50. The number of nitrogens with one attached hydrogen (secondary N) is 2. The Morgan fingerprint density at radius 2 is 1.90 bits per heavy atom. The molecule has 0 aromatic heterocycles. The number of amides is 3. The maximum absolute atomic E-state index is 12.8. The fraction of sp³-hybridized carbons (Fsp3) is 0.875. The van der Waals surface area contributed by atoms with Crippen LogP contribution in [0.1, 0.15) is 58.8 Å². The number of quaternary nitrogens is 1. The Bertz CT molecular complexity index is 429. The number of nitrogens with zero attached hydrogens (tertiary/aromatic N) is 1. The smallest absolute Gasteiger partial charge is 0.323 e. The molecule has 0 bridgehead atoms. The van der Waals surface area contributed by atoms with Crippen LogP contribution in [0.25, 0.3) is 0 Å². The number of rotatable bonds is 2. The largest absolute Gasteiger partial charge is 0.329 e. The molecule has 1 saturated carbocycles. The molecule has 0 radical (unpaired) electrons. The molecular weight excluding hydrogens is 266 g/mol. The van der Waals surface area contributed by atoms with Gasteiger partial charge in [0.2, 0.25) is 0 Å². The van der Waals surface area contributed by atoms with Crippen LogP contribution in [0.4, 0.5) is 4.79 Å². The number of urea groups is 1. The fourth-order valence-corrected chi connectivity index (χ4v) is 4.10. The minimum atomic E-state index is -0.581. The zero-order valence-corrected chi connectivity index (χ0v) is 13.3. The Labute approximate surface area is 127 Å². The molecule has 3 aliphatic rings. The first-order valence-electron chi connectivity index (χ1n) is 8.50. The van der Waals surface area contributed by atoms with Crippen LogP contribution in [0.3, 0.4) is 0 Å². The molecule has 21 heavy (non-hydrogen) atoms. The molecule has 1 spiro atoms. The van der Waals surface area contributed by atoms with Crippen LogP contribution >= 0.6 is 0 Å². The van der Waals surface area contributed by atoms with Crippen molar-refractivity contribution in [2.24, 2.45) is 5.92 Å². The third-order valence-corrected chi connectivity index (χ3v) is 5.82. The van der Waals surface area contributed by atoms with E-state index in [0.717, 1.165) is 32.2 Å². The van der Waals surface area contributed by atoms with Gasteiger partial charge in [-0.3, -0.25) is 4.79 Å². The zero-order valence-electron chi connectivity index (χ0n) is 13.3. The maximum Gasteiger partial charge on any atom is 0.329 e. The van der Waals surface area contributed by atoms with Crippen molar-refractivity contribution in [1.29, 1.82) is 0 Å². The minimum absolute atomic E-state index is 0.0321. The molecule has 3 amide bonds. The molecule has 2 aliphatic heterocycles. The highest BCUT2D eigenvalue weighted by molar-refractivity contribution is 6.06. The number of piperidine rings is 1. The van der Waals surface area contributed by atoms with E-state index in [-0.39, 0.29) is 11.9 Å². The lowest BCUT2D eigenvalue weighted by molar-refractivity contribution is -0.935. The lowest BCUT2D eigenvalue weighted by Gasteiger charge is -2.34. The Balaban J connectivity index is 1.69. The highest BCUT2D eigenvalue weighted by Gasteiger charge is 2.53. The lowest BCUT2D eigenvalue weighted by atomic mass is 9.77. The van der Waals surface area contributed by atoms with Gasteiger partial charge in [0.05, 0.1) is 12.6 Å². The zero-order chi connectivity index (χ0) is 15.0. The minimum Gasteiger partial charge on any atom is -0.323 e. The third kappa shape index (κ3) is 2.68. The van der Waals surface area contributed by atoms with Crippen LogP contribution in [-0.4, -0.2) is 41.6 Å². The van der Waals surface area contributed by atoms with Gasteiger partial charge >= 0.3 is 6.03 Å². The van der Waals surface area contributed by atoms with Crippen LogP contribution in [0.2, 0.25) is 0 Å². The number of imide groups is 1. The van der Waals surface area contributed by atoms with Gasteiger partial charge in [-0.25, -0.2) is 9.69 Å². The standard InChI is InChI=1S/C16H27N3O2/c1-12-6-8-16(9-7-12)14(20)19(15(21)17-16)11-18-10-4-3-5-13(18)2/h12-13H,3-11H2,1-2H3,(H,17,21)/p+1/t12?,13-,16?/m1/s1. The molecular formula is C16H28N3O2+. The molecule has 3 rings (SSSR count). The van der Waals surface area contributed by atoms with E-state index in [1.54, 1.807) is 0 Å². The summed E-state index contributed by atoms with van der Waals surface area (Å²) in [5.74, 6) is 0.701. The summed E-state index contributed by atoms with van der Waals surface area (Å²) < 4.78 is 0. The molecule has 0 aromatic rings. The monoisotopic (exact) mass is 294 g/mol. The average molecular weight is 294 g/mol. The van der Waals surface area contributed by atoms with E-state index in [9.17, 15) is 9.59 Å². The second-order valence-corrected chi connectivity index (χ2v) is 7.39. The van der Waals surface area contributed by atoms with Gasteiger partial charge in [-0.05, 0) is 57.8 Å². The number of carbonyl (C=O) groups is 2. The molecule has 1 unspecified atom stereocenters. The number of carbonyl (C=O) groups excluding carboxylic acids is 2. The third-order valence-electron chi connectivity index (χ3n) is 5.82. The van der Waals surface area contributed by atoms with Crippen LogP contribution in [0.5, 0.6) is 0 Å². The van der Waals surface area contributed by atoms with Crippen LogP contribution in [-0.2, 0) is 4.79 Å². The lowest BCUT2D eigenvalue weighted by Crippen LogP contribution is -3.17. The molecule has 2 heterocycles. The quantitative estimate of drug-likeness (QED) is 0.744. The Hall–Kier alpha value is -1.10. The van der Waals surface area contributed by atoms with Crippen molar-refractivity contribution in [3.8, 4) is 0 Å². The summed E-state index contributed by atoms with van der Waals surface area (Å²) in [4.78, 5) is 28.0. The van der Waals surface area contributed by atoms with Crippen molar-refractivity contribution in [1.82, 2.24) is 10.2 Å². The highest BCUT2D eigenvalue weighted by atomic mass is 16.2. The van der Waals surface area contributed by atoms with Crippen LogP contribution in [0.15, 0.2) is 0 Å². The van der Waals surface area contributed by atoms with E-state index >= 15 is 0 Å². The predicted octanol–water partition coefficient (Wildman–Crippen LogP) is 0.902. The first-order chi connectivity index (χ1) is 10.0. The van der Waals surface area contributed by atoms with Gasteiger partial charge in [0.25, 0.3) is 5.91 Å². The van der Waals surface area contributed by atoms with Gasteiger partial charge in [-0.1, -0.05) is 6.92 Å². The first kappa shape index (κ1) is 14.8. The number of likely N-dealkylation sites (tertiary alicyclic amines) is 1. The van der Waals surface area contributed by atoms with E-state index in [2.05, 4.69) is 19.2 Å². The van der Waals surface area contributed by atoms with Gasteiger partial charge < -0.3 is 10.2 Å². The van der Waals surface area contributed by atoms with Crippen LogP contribution < -0.4 is 10.2 Å². The fourth-order valence-electron chi connectivity index (χ4n) is 4.10. The Kier molecular flexibility index (Phi) is 3.95. The Morgan fingerprint density at radius 3 is 2.57 bits per heavy atom. The molecule has 2 saturated heterocycles. The van der Waals surface area contributed by atoms with Crippen molar-refractivity contribution in [2.45, 2.75) is 70.4 Å². The molecule has 2 N–H and O–H groups in total. The summed E-state index contributed by atoms with van der Waals surface area (Å²) in [7, 11) is 0. The van der Waals surface area contributed by atoms with Crippen molar-refractivity contribution < 1.29 is 14.5 Å². The molecule has 1 aliphatic carbocycles. The number of hydrogen-bond donors (Lipinski definition) is 2. The van der Waals surface area contributed by atoms with E-state index in [1.807, 2.05) is 0 Å². The topological polar surface area (TPSA) is 53.9 Å². The summed E-state index contributed by atoms with van der Waals surface area (Å²) in [5, 5.41) is 3.02. The Morgan fingerprint density at radius 1 is 1.19 bits per heavy atom. The van der Waals surface area contributed by atoms with E-state index in [1.165, 1.54) is 29.1 Å². The molecule has 2 atom stereocenters. The highest BCUT2D eigenvalue weighted by Crippen LogP contribution is 2.35. The van der Waals surface area contributed by atoms with Crippen molar-refractivity contribution >= 4 is 11.9 Å². The molecule has 118 valence electrons. The maximum atomic E-state index is 12.8. The van der Waals surface area contributed by atoms with Crippen LogP contribution in [0, 0.1) is 5.92 Å². The van der Waals surface area contributed by atoms with Crippen molar-refractivity contribution in [2.75, 3.05) is 13.2 Å². The summed E-state index contributed by atoms with van der Waals surface area (Å²) in [5.41, 5.74) is -0.581. The summed E-state index contributed by atoms with van der Waals surface area (Å²) in [6.07, 6.45) is 7.35. The average Bonchev–Trinajstić information content (AvgIpc) is 2.69. The SMILES string of the molecule is CC1CCC2(CC1)NC(=O)N(C[NH+]1CCCC[C@H]1C)C2=O. The van der Waals surface area contributed by atoms with Gasteiger partial charge in [-0.15, -0.1) is 0 Å². The van der Waals surface area contributed by atoms with Gasteiger partial charge in [0, 0.05) is 0 Å².